The van der Waals surface area contributed by atoms with E-state index in [1.807, 2.05) is 0 Å². The van der Waals surface area contributed by atoms with Crippen LogP contribution in [0.3, 0.4) is 0 Å². The molecule has 1 nitrogen and oxygen atoms in total. The molecule has 0 fully saturated rings. The fourth-order valence-corrected chi connectivity index (χ4v) is 0.739. The Labute approximate surface area is 70.9 Å². The predicted molar refractivity (Wildman–Crippen MR) is 51.8 cm³/mol. The Morgan fingerprint density at radius 1 is 1.45 bits per heavy atom. The summed E-state index contributed by atoms with van der Waals surface area (Å²) in [7, 11) is 0. The van der Waals surface area contributed by atoms with E-state index in [1.54, 1.807) is 0 Å². The Kier molecular flexibility index (Phi) is 4.43. The average Bonchev–Trinajstić information content (AvgIpc) is 1.87. The van der Waals surface area contributed by atoms with E-state index in [4.69, 9.17) is 0 Å². The first-order chi connectivity index (χ1) is 4.98. The predicted octanol–water partition coefficient (Wildman–Crippen LogP) is 2.73. The minimum Gasteiger partial charge on any atom is -0.311 e. The Morgan fingerprint density at radius 2 is 2.00 bits per heavy atom. The van der Waals surface area contributed by atoms with Crippen molar-refractivity contribution in [1.29, 1.82) is 0 Å². The molecule has 0 saturated carbocycles. The maximum Gasteiger partial charge on any atom is 0.0122 e. The maximum absolute atomic E-state index is 3.86. The van der Waals surface area contributed by atoms with Gasteiger partial charge in [-0.05, 0) is 40.2 Å². The molecule has 0 amide bonds. The second kappa shape index (κ2) is 4.55. The van der Waals surface area contributed by atoms with Crippen molar-refractivity contribution in [2.24, 2.45) is 0 Å². The third kappa shape index (κ3) is 6.11. The lowest BCUT2D eigenvalue weighted by Crippen LogP contribution is -2.39. The van der Waals surface area contributed by atoms with Crippen molar-refractivity contribution in [2.75, 3.05) is 6.54 Å². The van der Waals surface area contributed by atoms with Crippen molar-refractivity contribution in [2.45, 2.75) is 46.1 Å². The fraction of sp³-hybridized carbons (Fsp3) is 0.800. The topological polar surface area (TPSA) is 12.0 Å². The van der Waals surface area contributed by atoms with Crippen LogP contribution in [0.1, 0.15) is 40.5 Å². The van der Waals surface area contributed by atoms with Crippen LogP contribution in [0.2, 0.25) is 0 Å². The molecule has 0 aliphatic heterocycles. The molecule has 0 saturated heterocycles. The summed E-state index contributed by atoms with van der Waals surface area (Å²) in [5, 5.41) is 3.48. The summed E-state index contributed by atoms with van der Waals surface area (Å²) >= 11 is 0. The molecule has 0 heterocycles. The van der Waals surface area contributed by atoms with Crippen LogP contribution in [0.5, 0.6) is 0 Å². The first kappa shape index (κ1) is 10.7. The number of hydrogen-bond acceptors (Lipinski definition) is 1. The molecule has 0 atom stereocenters. The first-order valence-electron chi connectivity index (χ1n) is 4.37. The molecular weight excluding hydrogens is 134 g/mol. The molecule has 0 spiro atoms. The highest BCUT2D eigenvalue weighted by Gasteiger charge is 2.12. The fourth-order valence-electron chi connectivity index (χ4n) is 0.739. The molecule has 1 N–H and O–H groups in total. The maximum atomic E-state index is 3.86. The van der Waals surface area contributed by atoms with E-state index >= 15 is 0 Å². The smallest absolute Gasteiger partial charge is 0.0122 e. The van der Waals surface area contributed by atoms with Gasteiger partial charge in [0.05, 0.1) is 0 Å². The molecule has 66 valence electrons. The van der Waals surface area contributed by atoms with Crippen molar-refractivity contribution in [1.82, 2.24) is 5.32 Å². The van der Waals surface area contributed by atoms with Crippen LogP contribution in [0.15, 0.2) is 12.2 Å². The Bertz CT molecular complexity index is 125. The molecule has 0 aliphatic rings. The highest BCUT2D eigenvalue weighted by atomic mass is 14.9. The normalized spacial score (nSPS) is 11.6. The van der Waals surface area contributed by atoms with Crippen LogP contribution in [-0.2, 0) is 0 Å². The second-order valence-electron chi connectivity index (χ2n) is 3.87. The summed E-state index contributed by atoms with van der Waals surface area (Å²) < 4.78 is 0. The molecule has 0 radical (unpaired) electrons. The monoisotopic (exact) mass is 155 g/mol. The molecule has 0 aromatic rings. The SMILES string of the molecule is C=C(C)CCNC(C)(C)CC. The van der Waals surface area contributed by atoms with Crippen molar-refractivity contribution in [3.63, 3.8) is 0 Å². The van der Waals surface area contributed by atoms with Gasteiger partial charge < -0.3 is 5.32 Å². The first-order valence-corrected chi connectivity index (χ1v) is 4.37. The van der Waals surface area contributed by atoms with Gasteiger partial charge in [0.25, 0.3) is 0 Å². The van der Waals surface area contributed by atoms with E-state index in [0.717, 1.165) is 13.0 Å². The van der Waals surface area contributed by atoms with Crippen LogP contribution in [0, 0.1) is 0 Å². The van der Waals surface area contributed by atoms with E-state index in [1.165, 1.54) is 12.0 Å². The van der Waals surface area contributed by atoms with Crippen LogP contribution < -0.4 is 5.32 Å². The van der Waals surface area contributed by atoms with Gasteiger partial charge in [0.2, 0.25) is 0 Å². The van der Waals surface area contributed by atoms with Crippen molar-refractivity contribution in [3.8, 4) is 0 Å². The third-order valence-electron chi connectivity index (χ3n) is 2.04. The average molecular weight is 155 g/mol. The number of nitrogens with one attached hydrogen (secondary N) is 1. The van der Waals surface area contributed by atoms with Gasteiger partial charge >= 0.3 is 0 Å². The zero-order valence-corrected chi connectivity index (χ0v) is 8.33. The summed E-state index contributed by atoms with van der Waals surface area (Å²) in [6, 6.07) is 0. The third-order valence-corrected chi connectivity index (χ3v) is 2.04. The summed E-state index contributed by atoms with van der Waals surface area (Å²) in [6.45, 7) is 13.6. The van der Waals surface area contributed by atoms with Gasteiger partial charge in [0, 0.05) is 5.54 Å². The zero-order chi connectivity index (χ0) is 8.91. The van der Waals surface area contributed by atoms with Gasteiger partial charge in [0.15, 0.2) is 0 Å². The van der Waals surface area contributed by atoms with Gasteiger partial charge in [-0.25, -0.2) is 0 Å². The van der Waals surface area contributed by atoms with Crippen LogP contribution in [0.25, 0.3) is 0 Å². The molecule has 0 aliphatic carbocycles. The summed E-state index contributed by atoms with van der Waals surface area (Å²) in [5.74, 6) is 0. The van der Waals surface area contributed by atoms with E-state index in [0.29, 0.717) is 0 Å². The van der Waals surface area contributed by atoms with Gasteiger partial charge in [-0.2, -0.15) is 0 Å². The highest BCUT2D eigenvalue weighted by Crippen LogP contribution is 2.07. The lowest BCUT2D eigenvalue weighted by atomic mass is 10.0. The molecular formula is C10H21N. The second-order valence-corrected chi connectivity index (χ2v) is 3.87. The van der Waals surface area contributed by atoms with E-state index < -0.39 is 0 Å². The highest BCUT2D eigenvalue weighted by molar-refractivity contribution is 4.89. The lowest BCUT2D eigenvalue weighted by Gasteiger charge is -2.24. The number of rotatable bonds is 5. The van der Waals surface area contributed by atoms with Gasteiger partial charge in [-0.15, -0.1) is 6.58 Å². The molecule has 0 rings (SSSR count). The van der Waals surface area contributed by atoms with Crippen LogP contribution in [0.4, 0.5) is 0 Å². The Hall–Kier alpha value is -0.300. The Balaban J connectivity index is 3.45. The van der Waals surface area contributed by atoms with Crippen LogP contribution in [-0.4, -0.2) is 12.1 Å². The van der Waals surface area contributed by atoms with Gasteiger partial charge in [-0.3, -0.25) is 0 Å². The Morgan fingerprint density at radius 3 is 2.36 bits per heavy atom. The molecule has 0 bridgehead atoms. The van der Waals surface area contributed by atoms with E-state index in [9.17, 15) is 0 Å². The molecule has 0 aromatic carbocycles. The lowest BCUT2D eigenvalue weighted by molar-refractivity contribution is 0.379. The number of hydrogen-bond donors (Lipinski definition) is 1. The molecule has 0 aromatic heterocycles. The summed E-state index contributed by atoms with van der Waals surface area (Å²) in [5.41, 5.74) is 1.54. The summed E-state index contributed by atoms with van der Waals surface area (Å²) in [6.07, 6.45) is 2.26. The minimum atomic E-state index is 0.287. The van der Waals surface area contributed by atoms with Gasteiger partial charge in [-0.1, -0.05) is 12.5 Å². The molecule has 0 unspecified atom stereocenters. The van der Waals surface area contributed by atoms with Crippen molar-refractivity contribution < 1.29 is 0 Å². The largest absolute Gasteiger partial charge is 0.311 e. The quantitative estimate of drug-likeness (QED) is 0.602. The zero-order valence-electron chi connectivity index (χ0n) is 8.33. The van der Waals surface area contributed by atoms with Crippen molar-refractivity contribution >= 4 is 0 Å². The van der Waals surface area contributed by atoms with E-state index in [-0.39, 0.29) is 5.54 Å². The summed E-state index contributed by atoms with van der Waals surface area (Å²) in [4.78, 5) is 0. The standard InChI is InChI=1S/C10H21N/c1-6-10(4,5)11-8-7-9(2)3/h11H,2,6-8H2,1,3-5H3. The van der Waals surface area contributed by atoms with Crippen LogP contribution >= 0.6 is 0 Å². The molecule has 1 heteroatoms. The van der Waals surface area contributed by atoms with Crippen molar-refractivity contribution in [3.05, 3.63) is 12.2 Å². The van der Waals surface area contributed by atoms with Gasteiger partial charge in [0.1, 0.15) is 0 Å². The molecule has 11 heavy (non-hydrogen) atoms. The van der Waals surface area contributed by atoms with E-state index in [2.05, 4.69) is 39.6 Å². The minimum absolute atomic E-state index is 0.287.